The van der Waals surface area contributed by atoms with Gasteiger partial charge in [0, 0.05) is 18.4 Å². The summed E-state index contributed by atoms with van der Waals surface area (Å²) in [6.07, 6.45) is 3.06. The molecular formula is C15H16N4O4. The van der Waals surface area contributed by atoms with E-state index in [-0.39, 0.29) is 11.6 Å². The van der Waals surface area contributed by atoms with Gasteiger partial charge in [0.1, 0.15) is 0 Å². The molecule has 23 heavy (non-hydrogen) atoms. The first kappa shape index (κ1) is 16.3. The molecule has 0 aliphatic rings. The number of nitrogens with zero attached hydrogens (tertiary/aromatic N) is 2. The molecule has 0 saturated carbocycles. The maximum absolute atomic E-state index is 11.9. The molecule has 0 atom stereocenters. The number of fused-ring (bicyclic) bond motifs is 1. The summed E-state index contributed by atoms with van der Waals surface area (Å²) in [7, 11) is 0. The second-order valence-electron chi connectivity index (χ2n) is 5.01. The topological polar surface area (TPSA) is 110 Å². The Morgan fingerprint density at radius 2 is 1.83 bits per heavy atom. The number of imide groups is 1. The molecule has 0 unspecified atom stereocenters. The zero-order valence-corrected chi connectivity index (χ0v) is 12.7. The molecule has 0 bridgehead atoms. The Balaban J connectivity index is 1.90. The summed E-state index contributed by atoms with van der Waals surface area (Å²) in [5.41, 5.74) is 1.44. The van der Waals surface area contributed by atoms with Crippen molar-refractivity contribution in [1.82, 2.24) is 20.6 Å². The molecule has 2 rings (SSSR count). The lowest BCUT2D eigenvalue weighted by Gasteiger charge is -2.09. The van der Waals surface area contributed by atoms with E-state index in [4.69, 9.17) is 4.74 Å². The highest BCUT2D eigenvalue weighted by Gasteiger charge is 2.13. The standard InChI is InChI=1S/C15H16N4O4/c1-9(2)18-15(22)19-13(20)8-23-14(21)10-3-4-11-12(7-10)17-6-5-16-11/h3-7,9H,8H2,1-2H3,(H2,18,19,20,22). The maximum Gasteiger partial charge on any atom is 0.338 e. The van der Waals surface area contributed by atoms with Crippen LogP contribution in [0, 0.1) is 0 Å². The maximum atomic E-state index is 11.9. The minimum atomic E-state index is -0.711. The van der Waals surface area contributed by atoms with E-state index in [0.29, 0.717) is 11.0 Å². The van der Waals surface area contributed by atoms with Crippen molar-refractivity contribution in [3.63, 3.8) is 0 Å². The van der Waals surface area contributed by atoms with Crippen molar-refractivity contribution in [3.8, 4) is 0 Å². The van der Waals surface area contributed by atoms with E-state index in [0.717, 1.165) is 0 Å². The van der Waals surface area contributed by atoms with Gasteiger partial charge in [-0.3, -0.25) is 20.1 Å². The zero-order chi connectivity index (χ0) is 16.8. The molecule has 0 fully saturated rings. The van der Waals surface area contributed by atoms with Crippen LogP contribution in [0.2, 0.25) is 0 Å². The number of hydrogen-bond acceptors (Lipinski definition) is 6. The lowest BCUT2D eigenvalue weighted by Crippen LogP contribution is -2.44. The van der Waals surface area contributed by atoms with Gasteiger partial charge in [0.15, 0.2) is 6.61 Å². The largest absolute Gasteiger partial charge is 0.452 e. The quantitative estimate of drug-likeness (QED) is 0.815. The molecule has 0 aliphatic carbocycles. The first-order valence-electron chi connectivity index (χ1n) is 6.94. The molecule has 8 heteroatoms. The Labute approximate surface area is 132 Å². The third-order valence-corrected chi connectivity index (χ3v) is 2.71. The Kier molecular flexibility index (Phi) is 5.19. The second-order valence-corrected chi connectivity index (χ2v) is 5.01. The zero-order valence-electron chi connectivity index (χ0n) is 12.7. The van der Waals surface area contributed by atoms with Crippen LogP contribution < -0.4 is 10.6 Å². The minimum absolute atomic E-state index is 0.107. The van der Waals surface area contributed by atoms with E-state index in [1.165, 1.54) is 18.3 Å². The van der Waals surface area contributed by atoms with E-state index >= 15 is 0 Å². The summed E-state index contributed by atoms with van der Waals surface area (Å²) >= 11 is 0. The highest BCUT2D eigenvalue weighted by molar-refractivity contribution is 5.98. The molecule has 3 amide bonds. The molecule has 0 spiro atoms. The fourth-order valence-electron chi connectivity index (χ4n) is 1.77. The molecule has 1 aromatic heterocycles. The van der Waals surface area contributed by atoms with E-state index in [9.17, 15) is 14.4 Å². The highest BCUT2D eigenvalue weighted by atomic mass is 16.5. The average Bonchev–Trinajstić information content (AvgIpc) is 2.51. The molecule has 0 saturated heterocycles. The number of urea groups is 1. The highest BCUT2D eigenvalue weighted by Crippen LogP contribution is 2.11. The van der Waals surface area contributed by atoms with E-state index in [1.807, 2.05) is 0 Å². The van der Waals surface area contributed by atoms with Crippen LogP contribution in [0.4, 0.5) is 4.79 Å². The molecule has 2 N–H and O–H groups in total. The summed E-state index contributed by atoms with van der Waals surface area (Å²) in [6, 6.07) is 3.94. The van der Waals surface area contributed by atoms with Gasteiger partial charge in [-0.25, -0.2) is 9.59 Å². The molecule has 1 heterocycles. The SMILES string of the molecule is CC(C)NC(=O)NC(=O)COC(=O)c1ccc2nccnc2c1. The predicted molar refractivity (Wildman–Crippen MR) is 81.6 cm³/mol. The number of benzene rings is 1. The number of hydrogen-bond donors (Lipinski definition) is 2. The summed E-state index contributed by atoms with van der Waals surface area (Å²) in [6.45, 7) is 2.96. The van der Waals surface area contributed by atoms with Crippen molar-refractivity contribution in [2.24, 2.45) is 0 Å². The van der Waals surface area contributed by atoms with Gasteiger partial charge in [-0.05, 0) is 32.0 Å². The van der Waals surface area contributed by atoms with Crippen molar-refractivity contribution in [2.75, 3.05) is 6.61 Å². The summed E-state index contributed by atoms with van der Waals surface area (Å²) < 4.78 is 4.87. The lowest BCUT2D eigenvalue weighted by molar-refractivity contribution is -0.123. The molecule has 1 aromatic carbocycles. The van der Waals surface area contributed by atoms with Gasteiger partial charge >= 0.3 is 12.0 Å². The number of carbonyl (C=O) groups excluding carboxylic acids is 3. The van der Waals surface area contributed by atoms with Crippen molar-refractivity contribution < 1.29 is 19.1 Å². The van der Waals surface area contributed by atoms with Gasteiger partial charge < -0.3 is 10.1 Å². The number of rotatable bonds is 4. The molecule has 120 valence electrons. The van der Waals surface area contributed by atoms with Crippen molar-refractivity contribution >= 4 is 28.9 Å². The number of nitrogens with one attached hydrogen (secondary N) is 2. The predicted octanol–water partition coefficient (Wildman–Crippen LogP) is 1.02. The number of carbonyl (C=O) groups is 3. The van der Waals surface area contributed by atoms with Crippen LogP contribution in [0.5, 0.6) is 0 Å². The first-order chi connectivity index (χ1) is 11.0. The van der Waals surface area contributed by atoms with Crippen molar-refractivity contribution in [2.45, 2.75) is 19.9 Å². The van der Waals surface area contributed by atoms with Gasteiger partial charge in [0.05, 0.1) is 16.6 Å². The Morgan fingerprint density at radius 3 is 2.52 bits per heavy atom. The third kappa shape index (κ3) is 4.73. The molecule has 0 aliphatic heterocycles. The van der Waals surface area contributed by atoms with Crippen molar-refractivity contribution in [1.29, 1.82) is 0 Å². The summed E-state index contributed by atoms with van der Waals surface area (Å²) in [4.78, 5) is 42.9. The van der Waals surface area contributed by atoms with Crippen LogP contribution >= 0.6 is 0 Å². The third-order valence-electron chi connectivity index (χ3n) is 2.71. The van der Waals surface area contributed by atoms with Gasteiger partial charge in [0.2, 0.25) is 0 Å². The lowest BCUT2D eigenvalue weighted by atomic mass is 10.2. The van der Waals surface area contributed by atoms with Crippen LogP contribution in [0.15, 0.2) is 30.6 Å². The van der Waals surface area contributed by atoms with Crippen LogP contribution in [0.25, 0.3) is 11.0 Å². The minimum Gasteiger partial charge on any atom is -0.452 e. The number of amides is 3. The second kappa shape index (κ2) is 7.30. The van der Waals surface area contributed by atoms with Crippen LogP contribution in [-0.2, 0) is 9.53 Å². The van der Waals surface area contributed by atoms with E-state index in [1.54, 1.807) is 26.1 Å². The Bertz CT molecular complexity index is 745. The van der Waals surface area contributed by atoms with Gasteiger partial charge in [-0.15, -0.1) is 0 Å². The van der Waals surface area contributed by atoms with E-state index < -0.39 is 24.5 Å². The Morgan fingerprint density at radius 1 is 1.13 bits per heavy atom. The number of aromatic nitrogens is 2. The fourth-order valence-corrected chi connectivity index (χ4v) is 1.77. The van der Waals surface area contributed by atoms with Crippen LogP contribution in [0.1, 0.15) is 24.2 Å². The molecule has 2 aromatic rings. The van der Waals surface area contributed by atoms with Gasteiger partial charge in [-0.1, -0.05) is 0 Å². The smallest absolute Gasteiger partial charge is 0.338 e. The van der Waals surface area contributed by atoms with Crippen LogP contribution in [-0.4, -0.2) is 40.5 Å². The van der Waals surface area contributed by atoms with Crippen molar-refractivity contribution in [3.05, 3.63) is 36.2 Å². The summed E-state index contributed by atoms with van der Waals surface area (Å²) in [5, 5.41) is 4.55. The monoisotopic (exact) mass is 316 g/mol. The van der Waals surface area contributed by atoms with E-state index in [2.05, 4.69) is 20.6 Å². The molecular weight excluding hydrogens is 300 g/mol. The van der Waals surface area contributed by atoms with Gasteiger partial charge in [-0.2, -0.15) is 0 Å². The number of esters is 1. The fraction of sp³-hybridized carbons (Fsp3) is 0.267. The average molecular weight is 316 g/mol. The number of ether oxygens (including phenoxy) is 1. The first-order valence-corrected chi connectivity index (χ1v) is 6.94. The molecule has 0 radical (unpaired) electrons. The summed E-state index contributed by atoms with van der Waals surface area (Å²) in [5.74, 6) is -1.39. The molecule has 8 nitrogen and oxygen atoms in total. The van der Waals surface area contributed by atoms with Crippen LogP contribution in [0.3, 0.4) is 0 Å². The van der Waals surface area contributed by atoms with Gasteiger partial charge in [0.25, 0.3) is 5.91 Å². The normalized spacial score (nSPS) is 10.4. The Hall–Kier alpha value is -3.03.